The molecule has 2 rings (SSSR count). The predicted molar refractivity (Wildman–Crippen MR) is 99.2 cm³/mol. The molecule has 0 unspecified atom stereocenters. The van der Waals surface area contributed by atoms with Gasteiger partial charge >= 0.3 is 0 Å². The Hall–Kier alpha value is -2.62. The topological polar surface area (TPSA) is 51.1 Å². The van der Waals surface area contributed by atoms with Crippen LogP contribution in [0.25, 0.3) is 6.08 Å². The molecule has 4 nitrogen and oxygen atoms in total. The molecular weight excluding hydrogens is 300 g/mol. The molecule has 1 aromatic heterocycles. The van der Waals surface area contributed by atoms with Crippen molar-refractivity contribution in [1.29, 1.82) is 0 Å². The van der Waals surface area contributed by atoms with Crippen LogP contribution in [0.5, 0.6) is 0 Å². The Kier molecular flexibility index (Phi) is 5.39. The number of nitrogens with zero attached hydrogens (tertiary/aromatic N) is 1. The van der Waals surface area contributed by atoms with Crippen LogP contribution in [0.15, 0.2) is 53.5 Å². The van der Waals surface area contributed by atoms with E-state index in [1.165, 1.54) is 17.7 Å². The zero-order chi connectivity index (χ0) is 17.7. The summed E-state index contributed by atoms with van der Waals surface area (Å²) in [5, 5.41) is 2.76. The van der Waals surface area contributed by atoms with Gasteiger partial charge in [0.05, 0.1) is 5.69 Å². The fraction of sp³-hybridized carbons (Fsp3) is 0.300. The third kappa shape index (κ3) is 4.69. The zero-order valence-electron chi connectivity index (χ0n) is 14.7. The second-order valence-electron chi connectivity index (χ2n) is 6.74. The predicted octanol–water partition coefficient (Wildman–Crippen LogP) is 3.82. The maximum atomic E-state index is 12.0. The van der Waals surface area contributed by atoms with Gasteiger partial charge in [-0.25, -0.2) is 0 Å². The number of anilines is 1. The van der Waals surface area contributed by atoms with Gasteiger partial charge < -0.3 is 9.88 Å². The van der Waals surface area contributed by atoms with E-state index in [4.69, 9.17) is 0 Å². The molecule has 0 saturated heterocycles. The molecule has 24 heavy (non-hydrogen) atoms. The van der Waals surface area contributed by atoms with E-state index in [1.54, 1.807) is 22.9 Å². The van der Waals surface area contributed by atoms with Gasteiger partial charge in [0.1, 0.15) is 0 Å². The Balaban J connectivity index is 2.04. The van der Waals surface area contributed by atoms with Crippen LogP contribution in [0.3, 0.4) is 0 Å². The molecule has 0 saturated carbocycles. The molecule has 4 heteroatoms. The number of rotatable bonds is 4. The first kappa shape index (κ1) is 17.7. The molecule has 0 spiro atoms. The second-order valence-corrected chi connectivity index (χ2v) is 6.74. The Labute approximate surface area is 142 Å². The van der Waals surface area contributed by atoms with Crippen LogP contribution in [0.1, 0.15) is 38.8 Å². The van der Waals surface area contributed by atoms with E-state index >= 15 is 0 Å². The van der Waals surface area contributed by atoms with Crippen molar-refractivity contribution >= 4 is 17.7 Å². The summed E-state index contributed by atoms with van der Waals surface area (Å²) in [6, 6.07) is 11.2. The monoisotopic (exact) mass is 324 g/mol. The van der Waals surface area contributed by atoms with E-state index < -0.39 is 0 Å². The standard InChI is InChI=1S/C20H24N2O2/c1-5-22-14-17(11-13-19(22)24)21-18(23)12-8-15-6-9-16(10-7-15)20(2,3)4/h6-14H,5H2,1-4H3,(H,21,23)/b12-8+. The summed E-state index contributed by atoms with van der Waals surface area (Å²) >= 11 is 0. The van der Waals surface area contributed by atoms with Crippen molar-refractivity contribution in [3.8, 4) is 0 Å². The number of pyridine rings is 1. The Morgan fingerprint density at radius 3 is 2.38 bits per heavy atom. The molecule has 0 aliphatic carbocycles. The maximum absolute atomic E-state index is 12.0. The van der Waals surface area contributed by atoms with Crippen molar-refractivity contribution in [3.63, 3.8) is 0 Å². The number of aromatic nitrogens is 1. The average Bonchev–Trinajstić information content (AvgIpc) is 2.54. The van der Waals surface area contributed by atoms with E-state index in [0.717, 1.165) is 5.56 Å². The minimum Gasteiger partial charge on any atom is -0.321 e. The molecule has 0 bridgehead atoms. The van der Waals surface area contributed by atoms with Crippen molar-refractivity contribution < 1.29 is 4.79 Å². The van der Waals surface area contributed by atoms with Crippen LogP contribution in [-0.4, -0.2) is 10.5 Å². The number of hydrogen-bond donors (Lipinski definition) is 1. The zero-order valence-corrected chi connectivity index (χ0v) is 14.7. The Morgan fingerprint density at radius 2 is 1.79 bits per heavy atom. The van der Waals surface area contributed by atoms with Gasteiger partial charge in [-0.3, -0.25) is 9.59 Å². The molecule has 126 valence electrons. The quantitative estimate of drug-likeness (QED) is 0.869. The third-order valence-electron chi connectivity index (χ3n) is 3.80. The number of hydrogen-bond acceptors (Lipinski definition) is 2. The number of nitrogens with one attached hydrogen (secondary N) is 1. The molecule has 1 aromatic carbocycles. The van der Waals surface area contributed by atoms with Gasteiger partial charge in [0, 0.05) is 24.9 Å². The first-order chi connectivity index (χ1) is 11.3. The highest BCUT2D eigenvalue weighted by Gasteiger charge is 2.12. The van der Waals surface area contributed by atoms with Crippen LogP contribution in [-0.2, 0) is 16.8 Å². The number of aryl methyl sites for hydroxylation is 1. The van der Waals surface area contributed by atoms with E-state index in [9.17, 15) is 9.59 Å². The second kappa shape index (κ2) is 7.30. The fourth-order valence-electron chi connectivity index (χ4n) is 2.30. The molecule has 0 aliphatic rings. The largest absolute Gasteiger partial charge is 0.321 e. The van der Waals surface area contributed by atoms with E-state index in [1.807, 2.05) is 19.1 Å². The van der Waals surface area contributed by atoms with Crippen LogP contribution in [0.2, 0.25) is 0 Å². The van der Waals surface area contributed by atoms with Crippen LogP contribution < -0.4 is 10.9 Å². The van der Waals surface area contributed by atoms with Gasteiger partial charge in [-0.15, -0.1) is 0 Å². The maximum Gasteiger partial charge on any atom is 0.250 e. The van der Waals surface area contributed by atoms with Crippen molar-refractivity contribution in [2.45, 2.75) is 39.7 Å². The van der Waals surface area contributed by atoms with E-state index in [2.05, 4.69) is 38.2 Å². The fourth-order valence-corrected chi connectivity index (χ4v) is 2.30. The lowest BCUT2D eigenvalue weighted by Gasteiger charge is -2.18. The smallest absolute Gasteiger partial charge is 0.250 e. The van der Waals surface area contributed by atoms with Crippen molar-refractivity contribution in [1.82, 2.24) is 4.57 Å². The van der Waals surface area contributed by atoms with Gasteiger partial charge in [0.15, 0.2) is 0 Å². The molecule has 2 aromatic rings. The lowest BCUT2D eigenvalue weighted by molar-refractivity contribution is -0.111. The van der Waals surface area contributed by atoms with Crippen LogP contribution in [0, 0.1) is 0 Å². The highest BCUT2D eigenvalue weighted by Crippen LogP contribution is 2.22. The minimum atomic E-state index is -0.226. The van der Waals surface area contributed by atoms with Gasteiger partial charge in [0.25, 0.3) is 5.56 Å². The highest BCUT2D eigenvalue weighted by molar-refractivity contribution is 6.01. The van der Waals surface area contributed by atoms with Crippen LogP contribution >= 0.6 is 0 Å². The molecule has 0 aliphatic heterocycles. The summed E-state index contributed by atoms with van der Waals surface area (Å²) in [5.41, 5.74) is 2.86. The Bertz CT molecular complexity index is 794. The summed E-state index contributed by atoms with van der Waals surface area (Å²) in [6.07, 6.45) is 4.91. The molecule has 1 amide bonds. The van der Waals surface area contributed by atoms with Crippen molar-refractivity contribution in [3.05, 3.63) is 70.2 Å². The summed E-state index contributed by atoms with van der Waals surface area (Å²) in [4.78, 5) is 23.5. The van der Waals surface area contributed by atoms with Gasteiger partial charge in [0.2, 0.25) is 5.91 Å². The summed E-state index contributed by atoms with van der Waals surface area (Å²) in [7, 11) is 0. The SMILES string of the molecule is CCn1cc(NC(=O)/C=C/c2ccc(C(C)(C)C)cc2)ccc1=O. The van der Waals surface area contributed by atoms with Crippen molar-refractivity contribution in [2.24, 2.45) is 0 Å². The third-order valence-corrected chi connectivity index (χ3v) is 3.80. The molecule has 1 N–H and O–H groups in total. The minimum absolute atomic E-state index is 0.0787. The number of benzene rings is 1. The molecular formula is C20H24N2O2. The van der Waals surface area contributed by atoms with Gasteiger partial charge in [-0.05, 0) is 35.6 Å². The number of carbonyl (C=O) groups excluding carboxylic acids is 1. The van der Waals surface area contributed by atoms with Gasteiger partial charge in [-0.1, -0.05) is 45.0 Å². The van der Waals surface area contributed by atoms with Gasteiger partial charge in [-0.2, -0.15) is 0 Å². The molecule has 0 atom stereocenters. The first-order valence-electron chi connectivity index (χ1n) is 8.09. The van der Waals surface area contributed by atoms with Crippen molar-refractivity contribution in [2.75, 3.05) is 5.32 Å². The normalized spacial score (nSPS) is 11.7. The molecule has 0 radical (unpaired) electrons. The van der Waals surface area contributed by atoms with E-state index in [0.29, 0.717) is 12.2 Å². The summed E-state index contributed by atoms with van der Waals surface area (Å²) in [5.74, 6) is -0.226. The summed E-state index contributed by atoms with van der Waals surface area (Å²) in [6.45, 7) is 8.95. The average molecular weight is 324 g/mol. The van der Waals surface area contributed by atoms with Crippen LogP contribution in [0.4, 0.5) is 5.69 Å². The Morgan fingerprint density at radius 1 is 1.12 bits per heavy atom. The number of amides is 1. The molecule has 1 heterocycles. The number of carbonyl (C=O) groups is 1. The lowest BCUT2D eigenvalue weighted by Crippen LogP contribution is -2.19. The lowest BCUT2D eigenvalue weighted by atomic mass is 9.87. The highest BCUT2D eigenvalue weighted by atomic mass is 16.1. The summed E-state index contributed by atoms with van der Waals surface area (Å²) < 4.78 is 1.55. The molecule has 0 fully saturated rings. The van der Waals surface area contributed by atoms with E-state index in [-0.39, 0.29) is 16.9 Å². The first-order valence-corrected chi connectivity index (χ1v) is 8.09.